The zero-order valence-corrected chi connectivity index (χ0v) is 12.6. The fourth-order valence-electron chi connectivity index (χ4n) is 2.07. The number of amides is 1. The molecule has 2 N–H and O–H groups in total. The number of hydrogen-bond donors (Lipinski definition) is 2. The molecule has 0 aliphatic carbocycles. The summed E-state index contributed by atoms with van der Waals surface area (Å²) in [7, 11) is 0. The number of nitrogens with one attached hydrogen (secondary N) is 1. The molecular weight excluding hydrogens is 272 g/mol. The molecule has 1 rings (SSSR count). The molecule has 0 bridgehead atoms. The van der Waals surface area contributed by atoms with Crippen LogP contribution in [0.1, 0.15) is 32.4 Å². The van der Waals surface area contributed by atoms with Gasteiger partial charge in [0, 0.05) is 24.7 Å². The van der Waals surface area contributed by atoms with E-state index in [1.54, 1.807) is 24.5 Å². The van der Waals surface area contributed by atoms with Crippen molar-refractivity contribution in [2.75, 3.05) is 0 Å². The summed E-state index contributed by atoms with van der Waals surface area (Å²) in [4.78, 5) is 34.4. The van der Waals surface area contributed by atoms with E-state index in [9.17, 15) is 14.4 Å². The number of aliphatic carboxylic acids is 1. The first-order chi connectivity index (χ1) is 9.82. The second-order valence-electron chi connectivity index (χ2n) is 5.39. The fourth-order valence-corrected chi connectivity index (χ4v) is 2.07. The van der Waals surface area contributed by atoms with E-state index >= 15 is 0 Å². The topological polar surface area (TPSA) is 88.4 Å². The van der Waals surface area contributed by atoms with Crippen LogP contribution in [0, 0.1) is 12.8 Å². The van der Waals surface area contributed by atoms with Crippen LogP contribution in [0.5, 0.6) is 0 Å². The molecule has 1 aromatic rings. The number of nitrogens with zero attached hydrogens (tertiary/aromatic N) is 1. The Balaban J connectivity index is 2.51. The van der Waals surface area contributed by atoms with E-state index in [0.717, 1.165) is 5.69 Å². The van der Waals surface area contributed by atoms with Gasteiger partial charge in [-0.2, -0.15) is 0 Å². The number of carbonyl (C=O) groups is 2. The second kappa shape index (κ2) is 7.61. The van der Waals surface area contributed by atoms with E-state index in [0.29, 0.717) is 13.0 Å². The number of carboxylic acids is 1. The molecule has 6 nitrogen and oxygen atoms in total. The maximum absolute atomic E-state index is 11.8. The van der Waals surface area contributed by atoms with Crippen LogP contribution >= 0.6 is 0 Å². The van der Waals surface area contributed by atoms with E-state index in [-0.39, 0.29) is 23.8 Å². The molecule has 0 aliphatic rings. The molecule has 0 radical (unpaired) electrons. The van der Waals surface area contributed by atoms with Crippen LogP contribution in [-0.4, -0.2) is 27.6 Å². The smallest absolute Gasteiger partial charge is 0.326 e. The molecule has 1 aromatic heterocycles. The molecule has 1 unspecified atom stereocenters. The van der Waals surface area contributed by atoms with Gasteiger partial charge >= 0.3 is 5.97 Å². The largest absolute Gasteiger partial charge is 0.480 e. The predicted octanol–water partition coefficient (Wildman–Crippen LogP) is 1.16. The van der Waals surface area contributed by atoms with Crippen molar-refractivity contribution in [3.8, 4) is 0 Å². The lowest BCUT2D eigenvalue weighted by molar-refractivity contribution is -0.143. The molecule has 0 fully saturated rings. The summed E-state index contributed by atoms with van der Waals surface area (Å²) in [5.41, 5.74) is 0.745. The molecule has 116 valence electrons. The first-order valence-corrected chi connectivity index (χ1v) is 7.01. The van der Waals surface area contributed by atoms with Gasteiger partial charge in [-0.1, -0.05) is 19.9 Å². The maximum atomic E-state index is 11.8. The molecule has 0 aliphatic heterocycles. The number of pyridine rings is 1. The highest BCUT2D eigenvalue weighted by Crippen LogP contribution is 2.03. The molecule has 1 heterocycles. The third-order valence-electron chi connectivity index (χ3n) is 3.30. The van der Waals surface area contributed by atoms with Gasteiger partial charge in [0.2, 0.25) is 5.91 Å². The van der Waals surface area contributed by atoms with Gasteiger partial charge in [-0.15, -0.1) is 0 Å². The normalized spacial score (nSPS) is 12.2. The van der Waals surface area contributed by atoms with E-state index in [4.69, 9.17) is 5.11 Å². The minimum absolute atomic E-state index is 0.0963. The van der Waals surface area contributed by atoms with Crippen LogP contribution < -0.4 is 10.9 Å². The molecule has 1 amide bonds. The SMILES string of the molecule is Cc1cccc(=O)n1CCCC(=O)NC(C(=O)O)C(C)C. The van der Waals surface area contributed by atoms with Crippen LogP contribution in [0.2, 0.25) is 0 Å². The number of aryl methyl sites for hydroxylation is 1. The van der Waals surface area contributed by atoms with Gasteiger partial charge in [-0.25, -0.2) is 4.79 Å². The van der Waals surface area contributed by atoms with Crippen LogP contribution in [0.25, 0.3) is 0 Å². The Kier molecular flexibility index (Phi) is 6.14. The highest BCUT2D eigenvalue weighted by molar-refractivity contribution is 5.83. The first-order valence-electron chi connectivity index (χ1n) is 7.01. The first kappa shape index (κ1) is 16.9. The molecule has 0 spiro atoms. The Hall–Kier alpha value is -2.11. The van der Waals surface area contributed by atoms with Crippen molar-refractivity contribution in [1.29, 1.82) is 0 Å². The number of rotatable bonds is 7. The van der Waals surface area contributed by atoms with Gasteiger partial charge in [-0.05, 0) is 25.3 Å². The van der Waals surface area contributed by atoms with Crippen LogP contribution in [-0.2, 0) is 16.1 Å². The minimum atomic E-state index is -1.03. The Morgan fingerprint density at radius 1 is 1.33 bits per heavy atom. The van der Waals surface area contributed by atoms with Gasteiger partial charge in [-0.3, -0.25) is 9.59 Å². The molecule has 21 heavy (non-hydrogen) atoms. The van der Waals surface area contributed by atoms with Gasteiger partial charge in [0.15, 0.2) is 0 Å². The fraction of sp³-hybridized carbons (Fsp3) is 0.533. The Bertz CT molecular complexity index is 563. The second-order valence-corrected chi connectivity index (χ2v) is 5.39. The van der Waals surface area contributed by atoms with Gasteiger partial charge < -0.3 is 15.0 Å². The zero-order chi connectivity index (χ0) is 16.0. The zero-order valence-electron chi connectivity index (χ0n) is 12.6. The van der Waals surface area contributed by atoms with Crippen LogP contribution in [0.3, 0.4) is 0 Å². The lowest BCUT2D eigenvalue weighted by atomic mass is 10.0. The average Bonchev–Trinajstić information content (AvgIpc) is 2.38. The molecular formula is C15H22N2O4. The highest BCUT2D eigenvalue weighted by Gasteiger charge is 2.22. The maximum Gasteiger partial charge on any atom is 0.326 e. The van der Waals surface area contributed by atoms with Gasteiger partial charge in [0.05, 0.1) is 0 Å². The van der Waals surface area contributed by atoms with Gasteiger partial charge in [0.1, 0.15) is 6.04 Å². The van der Waals surface area contributed by atoms with Gasteiger partial charge in [0.25, 0.3) is 5.56 Å². The predicted molar refractivity (Wildman–Crippen MR) is 79.1 cm³/mol. The number of hydrogen-bond acceptors (Lipinski definition) is 3. The van der Waals surface area contributed by atoms with Crippen molar-refractivity contribution >= 4 is 11.9 Å². The lowest BCUT2D eigenvalue weighted by Gasteiger charge is -2.18. The Morgan fingerprint density at radius 2 is 2.00 bits per heavy atom. The molecule has 1 atom stereocenters. The number of aromatic nitrogens is 1. The number of carboxylic acid groups (broad SMARTS) is 1. The summed E-state index contributed by atoms with van der Waals surface area (Å²) in [5.74, 6) is -1.52. The van der Waals surface area contributed by atoms with Crippen molar-refractivity contribution in [2.45, 2.75) is 46.2 Å². The standard InChI is InChI=1S/C15H22N2O4/c1-10(2)14(15(20)21)16-12(18)7-5-9-17-11(3)6-4-8-13(17)19/h4,6,8,10,14H,5,7,9H2,1-3H3,(H,16,18)(H,20,21). The van der Waals surface area contributed by atoms with E-state index in [2.05, 4.69) is 5.32 Å². The summed E-state index contributed by atoms with van der Waals surface area (Å²) >= 11 is 0. The average molecular weight is 294 g/mol. The summed E-state index contributed by atoms with van der Waals surface area (Å²) in [6.07, 6.45) is 0.679. The Labute approximate surface area is 123 Å². The molecule has 0 saturated carbocycles. The molecule has 6 heteroatoms. The Morgan fingerprint density at radius 3 is 2.52 bits per heavy atom. The third kappa shape index (κ3) is 5.06. The molecule has 0 aromatic carbocycles. The van der Waals surface area contributed by atoms with Crippen molar-refractivity contribution in [3.63, 3.8) is 0 Å². The highest BCUT2D eigenvalue weighted by atomic mass is 16.4. The van der Waals surface area contributed by atoms with Crippen molar-refractivity contribution in [3.05, 3.63) is 34.2 Å². The van der Waals surface area contributed by atoms with E-state index in [1.165, 1.54) is 6.07 Å². The van der Waals surface area contributed by atoms with E-state index in [1.807, 2.05) is 13.0 Å². The van der Waals surface area contributed by atoms with Crippen molar-refractivity contribution in [1.82, 2.24) is 9.88 Å². The summed E-state index contributed by atoms with van der Waals surface area (Å²) in [6, 6.07) is 4.13. The summed E-state index contributed by atoms with van der Waals surface area (Å²) < 4.78 is 1.60. The van der Waals surface area contributed by atoms with Crippen LogP contribution in [0.15, 0.2) is 23.0 Å². The lowest BCUT2D eigenvalue weighted by Crippen LogP contribution is -2.44. The van der Waals surface area contributed by atoms with Crippen molar-refractivity contribution < 1.29 is 14.7 Å². The third-order valence-corrected chi connectivity index (χ3v) is 3.30. The minimum Gasteiger partial charge on any atom is -0.480 e. The quantitative estimate of drug-likeness (QED) is 0.790. The monoisotopic (exact) mass is 294 g/mol. The van der Waals surface area contributed by atoms with Crippen molar-refractivity contribution in [2.24, 2.45) is 5.92 Å². The molecule has 0 saturated heterocycles. The summed E-state index contributed by atoms with van der Waals surface area (Å²) in [5, 5.41) is 11.5. The number of carbonyl (C=O) groups excluding carboxylic acids is 1. The van der Waals surface area contributed by atoms with E-state index < -0.39 is 12.0 Å². The van der Waals surface area contributed by atoms with Crippen LogP contribution in [0.4, 0.5) is 0 Å². The summed E-state index contributed by atoms with van der Waals surface area (Å²) in [6.45, 7) is 5.76.